The average Bonchev–Trinajstić information content (AvgIpc) is 2.88. The van der Waals surface area contributed by atoms with Crippen LogP contribution in [0.15, 0.2) is 36.7 Å². The molecule has 3 aromatic rings. The van der Waals surface area contributed by atoms with Crippen LogP contribution in [0.5, 0.6) is 0 Å². The van der Waals surface area contributed by atoms with E-state index in [1.165, 1.54) is 0 Å². The first-order valence-corrected chi connectivity index (χ1v) is 4.37. The normalized spacial score (nSPS) is 10.1. The van der Waals surface area contributed by atoms with Crippen molar-refractivity contribution in [1.29, 1.82) is 0 Å². The van der Waals surface area contributed by atoms with E-state index in [-0.39, 0.29) is 12.4 Å². The number of nitrogens with one attached hydrogen (secondary N) is 2. The molecule has 1 aromatic carbocycles. The van der Waals surface area contributed by atoms with Gasteiger partial charge in [-0.25, -0.2) is 0 Å². The summed E-state index contributed by atoms with van der Waals surface area (Å²) < 4.78 is 0. The summed E-state index contributed by atoms with van der Waals surface area (Å²) in [7, 11) is 0. The van der Waals surface area contributed by atoms with E-state index in [2.05, 4.69) is 20.4 Å². The molecule has 3 rings (SSSR count). The lowest BCUT2D eigenvalue weighted by Crippen LogP contribution is -1.80. The first kappa shape index (κ1) is 9.73. The second-order valence-corrected chi connectivity index (χ2v) is 3.11. The zero-order chi connectivity index (χ0) is 9.38. The molecule has 0 bridgehead atoms. The van der Waals surface area contributed by atoms with Crippen LogP contribution in [0.4, 0.5) is 0 Å². The second kappa shape index (κ2) is 3.74. The Balaban J connectivity index is 0.000000853. The van der Waals surface area contributed by atoms with Gasteiger partial charge in [0.2, 0.25) is 0 Å². The summed E-state index contributed by atoms with van der Waals surface area (Å²) >= 11 is 0. The van der Waals surface area contributed by atoms with Gasteiger partial charge in [0.05, 0.1) is 17.4 Å². The standard InChI is InChI=1S/C10H8N4.ClH/c1-2-7-6-12-14-10(7)8(3-1)9-4-5-11-13-9;/h1-6H,(H,11,13)(H,12,14);1H. The molecule has 0 aliphatic rings. The maximum absolute atomic E-state index is 4.01. The number of aromatic nitrogens is 4. The Morgan fingerprint density at radius 2 is 1.93 bits per heavy atom. The molecule has 2 aromatic heterocycles. The van der Waals surface area contributed by atoms with Crippen molar-refractivity contribution in [2.24, 2.45) is 0 Å². The van der Waals surface area contributed by atoms with Gasteiger partial charge in [-0.3, -0.25) is 10.2 Å². The minimum Gasteiger partial charge on any atom is -0.278 e. The Hall–Kier alpha value is -1.81. The smallest absolute Gasteiger partial charge is 0.0744 e. The number of halogens is 1. The quantitative estimate of drug-likeness (QED) is 0.662. The summed E-state index contributed by atoms with van der Waals surface area (Å²) in [6, 6.07) is 8.01. The number of benzene rings is 1. The van der Waals surface area contributed by atoms with Crippen LogP contribution in [0.1, 0.15) is 0 Å². The molecule has 15 heavy (non-hydrogen) atoms. The predicted octanol–water partition coefficient (Wildman–Crippen LogP) is 2.37. The third kappa shape index (κ3) is 1.49. The molecular weight excluding hydrogens is 212 g/mol. The first-order valence-electron chi connectivity index (χ1n) is 4.37. The van der Waals surface area contributed by atoms with Gasteiger partial charge in [-0.05, 0) is 6.07 Å². The lowest BCUT2D eigenvalue weighted by atomic mass is 10.1. The highest BCUT2D eigenvalue weighted by Crippen LogP contribution is 2.24. The van der Waals surface area contributed by atoms with Crippen molar-refractivity contribution in [2.45, 2.75) is 0 Å². The fourth-order valence-electron chi connectivity index (χ4n) is 1.60. The van der Waals surface area contributed by atoms with Gasteiger partial charge in [-0.2, -0.15) is 10.2 Å². The summed E-state index contributed by atoms with van der Waals surface area (Å²) in [5, 5.41) is 15.0. The van der Waals surface area contributed by atoms with Gasteiger partial charge in [0.1, 0.15) is 0 Å². The summed E-state index contributed by atoms with van der Waals surface area (Å²) in [4.78, 5) is 0. The lowest BCUT2D eigenvalue weighted by molar-refractivity contribution is 1.09. The van der Waals surface area contributed by atoms with Crippen LogP contribution in [-0.4, -0.2) is 20.4 Å². The van der Waals surface area contributed by atoms with Crippen molar-refractivity contribution in [1.82, 2.24) is 20.4 Å². The minimum absolute atomic E-state index is 0. The number of hydrogen-bond donors (Lipinski definition) is 2. The third-order valence-electron chi connectivity index (χ3n) is 2.27. The van der Waals surface area contributed by atoms with Crippen LogP contribution in [0.25, 0.3) is 22.2 Å². The Morgan fingerprint density at radius 3 is 2.73 bits per heavy atom. The number of para-hydroxylation sites is 1. The van der Waals surface area contributed by atoms with E-state index >= 15 is 0 Å². The molecule has 0 aliphatic carbocycles. The monoisotopic (exact) mass is 220 g/mol. The maximum Gasteiger partial charge on any atom is 0.0744 e. The van der Waals surface area contributed by atoms with Gasteiger partial charge in [0.15, 0.2) is 0 Å². The van der Waals surface area contributed by atoms with Gasteiger partial charge in [0, 0.05) is 17.1 Å². The van der Waals surface area contributed by atoms with Gasteiger partial charge in [-0.1, -0.05) is 18.2 Å². The number of aromatic amines is 2. The summed E-state index contributed by atoms with van der Waals surface area (Å²) in [6.45, 7) is 0. The largest absolute Gasteiger partial charge is 0.278 e. The van der Waals surface area contributed by atoms with Crippen LogP contribution >= 0.6 is 12.4 Å². The molecular formula is C10H9ClN4. The Bertz CT molecular complexity index is 556. The first-order chi connectivity index (χ1) is 6.95. The summed E-state index contributed by atoms with van der Waals surface area (Å²) in [6.07, 6.45) is 3.56. The third-order valence-corrected chi connectivity index (χ3v) is 2.27. The van der Waals surface area contributed by atoms with E-state index in [1.54, 1.807) is 6.20 Å². The topological polar surface area (TPSA) is 57.4 Å². The Kier molecular flexibility index (Phi) is 2.43. The van der Waals surface area contributed by atoms with Crippen LogP contribution < -0.4 is 0 Å². The summed E-state index contributed by atoms with van der Waals surface area (Å²) in [5.41, 5.74) is 3.13. The number of nitrogens with zero attached hydrogens (tertiary/aromatic N) is 2. The van der Waals surface area contributed by atoms with E-state index in [1.807, 2.05) is 30.5 Å². The van der Waals surface area contributed by atoms with Gasteiger partial charge < -0.3 is 0 Å². The van der Waals surface area contributed by atoms with Crippen molar-refractivity contribution >= 4 is 23.3 Å². The van der Waals surface area contributed by atoms with Crippen LogP contribution in [0, 0.1) is 0 Å². The van der Waals surface area contributed by atoms with Crippen molar-refractivity contribution in [3.63, 3.8) is 0 Å². The molecule has 0 aliphatic heterocycles. The molecule has 0 unspecified atom stereocenters. The highest BCUT2D eigenvalue weighted by atomic mass is 35.5. The van der Waals surface area contributed by atoms with Crippen molar-refractivity contribution < 1.29 is 0 Å². The molecule has 0 spiro atoms. The second-order valence-electron chi connectivity index (χ2n) is 3.11. The molecule has 0 amide bonds. The molecule has 4 nitrogen and oxygen atoms in total. The fraction of sp³-hybridized carbons (Fsp3) is 0. The van der Waals surface area contributed by atoms with Crippen molar-refractivity contribution in [3.05, 3.63) is 36.7 Å². The minimum atomic E-state index is 0. The molecule has 76 valence electrons. The molecule has 2 N–H and O–H groups in total. The number of rotatable bonds is 1. The molecule has 2 heterocycles. The number of hydrogen-bond acceptors (Lipinski definition) is 2. The molecule has 0 radical (unpaired) electrons. The van der Waals surface area contributed by atoms with E-state index in [0.717, 1.165) is 22.2 Å². The predicted molar refractivity (Wildman–Crippen MR) is 60.9 cm³/mol. The van der Waals surface area contributed by atoms with E-state index in [0.29, 0.717) is 0 Å². The van der Waals surface area contributed by atoms with E-state index in [9.17, 15) is 0 Å². The Labute approximate surface area is 92.1 Å². The fourth-order valence-corrected chi connectivity index (χ4v) is 1.60. The van der Waals surface area contributed by atoms with E-state index in [4.69, 9.17) is 0 Å². The van der Waals surface area contributed by atoms with Crippen LogP contribution in [-0.2, 0) is 0 Å². The Morgan fingerprint density at radius 1 is 1.00 bits per heavy atom. The SMILES string of the molecule is Cl.c1cc(-c2ccn[nH]2)c2[nH]ncc2c1. The molecule has 5 heteroatoms. The highest BCUT2D eigenvalue weighted by Gasteiger charge is 2.05. The molecule has 0 fully saturated rings. The van der Waals surface area contributed by atoms with Crippen molar-refractivity contribution in [3.8, 4) is 11.3 Å². The summed E-state index contributed by atoms with van der Waals surface area (Å²) in [5.74, 6) is 0. The highest BCUT2D eigenvalue weighted by molar-refractivity contribution is 5.92. The van der Waals surface area contributed by atoms with Gasteiger partial charge in [-0.15, -0.1) is 12.4 Å². The van der Waals surface area contributed by atoms with Crippen LogP contribution in [0.2, 0.25) is 0 Å². The number of H-pyrrole nitrogens is 2. The molecule has 0 saturated carbocycles. The van der Waals surface area contributed by atoms with Crippen molar-refractivity contribution in [2.75, 3.05) is 0 Å². The molecule has 0 atom stereocenters. The lowest BCUT2D eigenvalue weighted by Gasteiger charge is -1.98. The zero-order valence-corrected chi connectivity index (χ0v) is 8.58. The van der Waals surface area contributed by atoms with Crippen LogP contribution in [0.3, 0.4) is 0 Å². The van der Waals surface area contributed by atoms with Gasteiger partial charge in [0.25, 0.3) is 0 Å². The van der Waals surface area contributed by atoms with E-state index < -0.39 is 0 Å². The molecule has 0 saturated heterocycles. The van der Waals surface area contributed by atoms with Gasteiger partial charge >= 0.3 is 0 Å². The number of fused-ring (bicyclic) bond motifs is 1. The maximum atomic E-state index is 4.01. The zero-order valence-electron chi connectivity index (χ0n) is 7.77. The average molecular weight is 221 g/mol.